The fourth-order valence-corrected chi connectivity index (χ4v) is 4.40. The van der Waals surface area contributed by atoms with Gasteiger partial charge in [0.1, 0.15) is 17.2 Å². The quantitative estimate of drug-likeness (QED) is 0.456. The average Bonchev–Trinajstić information content (AvgIpc) is 2.64. The maximum Gasteiger partial charge on any atom is 0.432 e. The Morgan fingerprint density at radius 2 is 1.96 bits per heavy atom. The molecule has 2 N–H and O–H groups in total. The lowest BCUT2D eigenvalue weighted by molar-refractivity contribution is 0.225. The van der Waals surface area contributed by atoms with Gasteiger partial charge in [0, 0.05) is 14.1 Å². The minimum atomic E-state index is -3.48. The molecule has 27 heavy (non-hydrogen) atoms. The van der Waals surface area contributed by atoms with Crippen molar-refractivity contribution in [2.45, 2.75) is 13.8 Å². The van der Waals surface area contributed by atoms with Crippen LogP contribution in [0, 0.1) is 0 Å². The van der Waals surface area contributed by atoms with Crippen LogP contribution < -0.4 is 15.4 Å². The maximum atomic E-state index is 12.7. The smallest absolute Gasteiger partial charge is 0.432 e. The molecule has 0 unspecified atom stereocenters. The number of nitrogens with zero attached hydrogens (tertiary/aromatic N) is 1. The molecular weight excluding hydrogens is 369 g/mol. The molecule has 3 aromatic rings. The Morgan fingerprint density at radius 3 is 2.70 bits per heavy atom. The van der Waals surface area contributed by atoms with E-state index in [1.54, 1.807) is 50.2 Å². The van der Waals surface area contributed by atoms with Gasteiger partial charge in [-0.3, -0.25) is 18.9 Å². The number of aromatic amines is 1. The third-order valence-corrected chi connectivity index (χ3v) is 5.82. The predicted molar refractivity (Wildman–Crippen MR) is 107 cm³/mol. The van der Waals surface area contributed by atoms with Crippen molar-refractivity contribution < 1.29 is 21.2 Å². The molecule has 1 aliphatic heterocycles. The van der Waals surface area contributed by atoms with Crippen LogP contribution in [-0.4, -0.2) is 23.4 Å². The van der Waals surface area contributed by atoms with Gasteiger partial charge in [0.2, 0.25) is 0 Å². The van der Waals surface area contributed by atoms with Gasteiger partial charge >= 0.3 is 7.75 Å². The minimum Gasteiger partial charge on any atom is -0.456 e. The van der Waals surface area contributed by atoms with E-state index in [-0.39, 0.29) is 21.6 Å². The van der Waals surface area contributed by atoms with Crippen LogP contribution in [0.3, 0.4) is 0 Å². The van der Waals surface area contributed by atoms with Crippen LogP contribution in [0.25, 0.3) is 22.0 Å². The van der Waals surface area contributed by atoms with E-state index in [1.165, 1.54) is 0 Å². The number of hydrogen-bond acceptors (Lipinski definition) is 6. The fraction of sp³-hybridized carbons (Fsp3) is 0.222. The van der Waals surface area contributed by atoms with Crippen LogP contribution >= 0.6 is 7.75 Å². The molecule has 2 aromatic carbocycles. The number of anilines is 1. The van der Waals surface area contributed by atoms with E-state index < -0.39 is 7.75 Å². The summed E-state index contributed by atoms with van der Waals surface area (Å²) >= 11 is 0. The molecular formula is C18H22N3O5P. The Morgan fingerprint density at radius 1 is 1.19 bits per heavy atom. The normalized spacial score (nSPS) is 12.5. The molecule has 9 heteroatoms. The first-order valence-electron chi connectivity index (χ1n) is 8.55. The van der Waals surface area contributed by atoms with E-state index in [1.807, 2.05) is 0 Å². The lowest BCUT2D eigenvalue weighted by atomic mass is 10.0. The number of benzene rings is 2. The highest BCUT2D eigenvalue weighted by Gasteiger charge is 2.26. The van der Waals surface area contributed by atoms with Gasteiger partial charge in [-0.25, -0.2) is 9.66 Å². The second-order valence-electron chi connectivity index (χ2n) is 5.84. The van der Waals surface area contributed by atoms with Crippen molar-refractivity contribution >= 4 is 24.2 Å². The predicted octanol–water partition coefficient (Wildman–Crippen LogP) is 4.78. The van der Waals surface area contributed by atoms with Crippen LogP contribution in [0.5, 0.6) is 11.5 Å². The second-order valence-corrected chi connectivity index (χ2v) is 7.57. The standard InChI is InChI=1S/C18H18N3O5P.2H2/c1-3-24-27(23,25-4-2)21-11-8-9-14-13(10-11)17-16-12(18(22)20-19-17)6-5-7-15(16)26-14;;/h5-10H,3-4H2,1-2H3,(H,20,22)(H,21,23);2*1H. The number of ether oxygens (including phenoxy) is 1. The van der Waals surface area contributed by atoms with E-state index in [0.717, 1.165) is 0 Å². The van der Waals surface area contributed by atoms with E-state index in [0.29, 0.717) is 39.2 Å². The third-order valence-electron chi connectivity index (χ3n) is 4.10. The largest absolute Gasteiger partial charge is 0.456 e. The van der Waals surface area contributed by atoms with Gasteiger partial charge in [-0.15, -0.1) is 0 Å². The molecule has 8 nitrogen and oxygen atoms in total. The van der Waals surface area contributed by atoms with Gasteiger partial charge in [-0.1, -0.05) is 6.07 Å². The zero-order chi connectivity index (χ0) is 19.0. The van der Waals surface area contributed by atoms with E-state index in [9.17, 15) is 9.36 Å². The summed E-state index contributed by atoms with van der Waals surface area (Å²) in [4.78, 5) is 12.1. The summed E-state index contributed by atoms with van der Waals surface area (Å²) in [6.45, 7) is 3.97. The summed E-state index contributed by atoms with van der Waals surface area (Å²) in [5.74, 6) is 1.16. The molecule has 0 saturated carbocycles. The van der Waals surface area contributed by atoms with Gasteiger partial charge < -0.3 is 4.74 Å². The van der Waals surface area contributed by atoms with Gasteiger partial charge in [-0.2, -0.15) is 5.10 Å². The molecule has 0 spiro atoms. The lowest BCUT2D eigenvalue weighted by Crippen LogP contribution is -2.12. The highest BCUT2D eigenvalue weighted by Crippen LogP contribution is 2.50. The zero-order valence-electron chi connectivity index (χ0n) is 14.8. The topological polar surface area (TPSA) is 103 Å². The first-order chi connectivity index (χ1) is 13.0. The molecule has 0 radical (unpaired) electrons. The van der Waals surface area contributed by atoms with E-state index in [4.69, 9.17) is 13.8 Å². The Kier molecular flexibility index (Phi) is 4.47. The molecule has 0 atom stereocenters. The summed E-state index contributed by atoms with van der Waals surface area (Å²) in [6.07, 6.45) is 0. The van der Waals surface area contributed by atoms with E-state index in [2.05, 4.69) is 15.3 Å². The van der Waals surface area contributed by atoms with Crippen LogP contribution in [0.4, 0.5) is 5.69 Å². The van der Waals surface area contributed by atoms with Crippen LogP contribution in [0.15, 0.2) is 41.2 Å². The summed E-state index contributed by atoms with van der Waals surface area (Å²) in [7, 11) is -3.48. The Hall–Kier alpha value is -2.67. The van der Waals surface area contributed by atoms with Crippen LogP contribution in [-0.2, 0) is 13.6 Å². The lowest BCUT2D eigenvalue weighted by Gasteiger charge is -2.22. The monoisotopic (exact) mass is 391 g/mol. The molecule has 4 rings (SSSR count). The number of H-pyrrole nitrogens is 1. The molecule has 0 aliphatic carbocycles. The fourth-order valence-electron chi connectivity index (χ4n) is 3.06. The highest BCUT2D eigenvalue weighted by molar-refractivity contribution is 7.55. The molecule has 0 saturated heterocycles. The minimum absolute atomic E-state index is 0. The first kappa shape index (κ1) is 17.7. The van der Waals surface area contributed by atoms with E-state index >= 15 is 0 Å². The summed E-state index contributed by atoms with van der Waals surface area (Å²) < 4.78 is 29.2. The molecule has 0 fully saturated rings. The SMILES string of the molecule is CCOP(=O)(Nc1ccc2c(c1)-c1n[nH]c(=O)c3cccc(c13)O2)OCC.[HH].[HH]. The van der Waals surface area contributed by atoms with Crippen LogP contribution in [0.1, 0.15) is 16.7 Å². The molecule has 1 aliphatic rings. The van der Waals surface area contributed by atoms with Gasteiger partial charge in [0.05, 0.1) is 24.0 Å². The highest BCUT2D eigenvalue weighted by atomic mass is 31.2. The Labute approximate surface area is 158 Å². The van der Waals surface area contributed by atoms with Crippen molar-refractivity contribution in [3.63, 3.8) is 0 Å². The summed E-state index contributed by atoms with van der Waals surface area (Å²) in [5, 5.41) is 10.7. The summed E-state index contributed by atoms with van der Waals surface area (Å²) in [6, 6.07) is 10.5. The van der Waals surface area contributed by atoms with Crippen molar-refractivity contribution in [2.75, 3.05) is 18.3 Å². The Balaban J connectivity index is 0.00000150. The number of rotatable bonds is 6. The molecule has 0 bridgehead atoms. The number of hydrogen-bond donors (Lipinski definition) is 2. The van der Waals surface area contributed by atoms with Crippen molar-refractivity contribution in [1.29, 1.82) is 0 Å². The molecule has 1 aromatic heterocycles. The van der Waals surface area contributed by atoms with Gasteiger partial charge in [0.15, 0.2) is 0 Å². The average molecular weight is 391 g/mol. The zero-order valence-corrected chi connectivity index (χ0v) is 15.7. The number of aromatic nitrogens is 2. The van der Waals surface area contributed by atoms with Crippen LogP contribution in [0.2, 0.25) is 0 Å². The number of fused-ring (bicyclic) bond motifs is 2. The van der Waals surface area contributed by atoms with Crippen molar-refractivity contribution in [3.8, 4) is 22.8 Å². The molecule has 144 valence electrons. The van der Waals surface area contributed by atoms with Crippen molar-refractivity contribution in [1.82, 2.24) is 10.2 Å². The third kappa shape index (κ3) is 3.12. The van der Waals surface area contributed by atoms with Gasteiger partial charge in [-0.05, 0) is 44.2 Å². The second kappa shape index (κ2) is 6.81. The first-order valence-corrected chi connectivity index (χ1v) is 10.1. The maximum absolute atomic E-state index is 12.7. The Bertz CT molecular complexity index is 1130. The van der Waals surface area contributed by atoms with Crippen molar-refractivity contribution in [3.05, 3.63) is 46.8 Å². The summed E-state index contributed by atoms with van der Waals surface area (Å²) in [5.41, 5.74) is 1.50. The van der Waals surface area contributed by atoms with Crippen molar-refractivity contribution in [2.24, 2.45) is 0 Å². The molecule has 0 amide bonds. The van der Waals surface area contributed by atoms with Gasteiger partial charge in [0.25, 0.3) is 5.56 Å². The molecule has 2 heterocycles. The number of nitrogens with one attached hydrogen (secondary N) is 2.